The quantitative estimate of drug-likeness (QED) is 0.499. The van der Waals surface area contributed by atoms with E-state index in [2.05, 4.69) is 20.6 Å². The number of imide groups is 1. The smallest absolute Gasteiger partial charge is 0.325 e. The number of nitrogens with one attached hydrogen (secondary N) is 3. The fourth-order valence-electron chi connectivity index (χ4n) is 3.50. The lowest BCUT2D eigenvalue weighted by Gasteiger charge is -2.13. The molecule has 0 unspecified atom stereocenters. The van der Waals surface area contributed by atoms with Gasteiger partial charge in [0.1, 0.15) is 11.9 Å². The largest absolute Gasteiger partial charge is 0.356 e. The molecule has 30 heavy (non-hydrogen) atoms. The first-order valence-electron chi connectivity index (χ1n) is 9.96. The van der Waals surface area contributed by atoms with Gasteiger partial charge in [0.15, 0.2) is 0 Å². The number of aromatic amines is 1. The standard InChI is InChI=1S/C22H23N5O3/c28-20(23-13-12-19-24-16-8-4-5-9-17(16)25-19)11-10-18-21(29)27(22(30)26-18)14-15-6-2-1-3-7-15/h1-9,18H,10-14H2,(H,23,28)(H,24,25)(H,26,30)/t18-/m1/s1. The molecule has 4 amide bonds. The third-order valence-corrected chi connectivity index (χ3v) is 5.07. The van der Waals surface area contributed by atoms with Crippen LogP contribution in [-0.2, 0) is 22.6 Å². The minimum absolute atomic E-state index is 0.158. The van der Waals surface area contributed by atoms with E-state index < -0.39 is 12.1 Å². The number of hydrogen-bond donors (Lipinski definition) is 3. The Morgan fingerprint density at radius 1 is 1.07 bits per heavy atom. The molecule has 0 bridgehead atoms. The Balaban J connectivity index is 1.21. The number of hydrogen-bond acceptors (Lipinski definition) is 4. The van der Waals surface area contributed by atoms with Crippen LogP contribution in [0.5, 0.6) is 0 Å². The number of rotatable bonds is 8. The van der Waals surface area contributed by atoms with Gasteiger partial charge in [0.05, 0.1) is 17.6 Å². The molecule has 1 aromatic heterocycles. The van der Waals surface area contributed by atoms with Gasteiger partial charge >= 0.3 is 6.03 Å². The van der Waals surface area contributed by atoms with E-state index in [0.717, 1.165) is 22.4 Å². The van der Waals surface area contributed by atoms with Gasteiger partial charge in [-0.05, 0) is 24.1 Å². The zero-order chi connectivity index (χ0) is 20.9. The first-order valence-corrected chi connectivity index (χ1v) is 9.96. The van der Waals surface area contributed by atoms with Crippen molar-refractivity contribution >= 4 is 28.9 Å². The highest BCUT2D eigenvalue weighted by Gasteiger charge is 2.37. The summed E-state index contributed by atoms with van der Waals surface area (Å²) in [4.78, 5) is 45.7. The lowest BCUT2D eigenvalue weighted by Crippen LogP contribution is -2.33. The molecular weight excluding hydrogens is 382 g/mol. The molecule has 8 nitrogen and oxygen atoms in total. The SMILES string of the molecule is O=C(CC[C@H]1NC(=O)N(Cc2ccccc2)C1=O)NCCc1nc2ccccc2[nH]1. The van der Waals surface area contributed by atoms with Gasteiger partial charge < -0.3 is 15.6 Å². The number of carbonyl (C=O) groups is 3. The van der Waals surface area contributed by atoms with Gasteiger partial charge in [-0.2, -0.15) is 0 Å². The number of benzene rings is 2. The van der Waals surface area contributed by atoms with E-state index in [1.165, 1.54) is 4.90 Å². The number of carbonyl (C=O) groups excluding carboxylic acids is 3. The van der Waals surface area contributed by atoms with Gasteiger partial charge in [-0.1, -0.05) is 42.5 Å². The predicted octanol–water partition coefficient (Wildman–Crippen LogP) is 2.12. The summed E-state index contributed by atoms with van der Waals surface area (Å²) < 4.78 is 0. The van der Waals surface area contributed by atoms with Crippen LogP contribution in [0.25, 0.3) is 11.0 Å². The molecule has 1 aliphatic rings. The molecule has 1 aliphatic heterocycles. The van der Waals surface area contributed by atoms with E-state index in [-0.39, 0.29) is 31.2 Å². The highest BCUT2D eigenvalue weighted by Crippen LogP contribution is 2.15. The van der Waals surface area contributed by atoms with Crippen molar-refractivity contribution in [2.45, 2.75) is 31.8 Å². The van der Waals surface area contributed by atoms with Crippen LogP contribution in [0.2, 0.25) is 0 Å². The van der Waals surface area contributed by atoms with E-state index in [1.807, 2.05) is 54.6 Å². The number of aromatic nitrogens is 2. The van der Waals surface area contributed by atoms with Crippen molar-refractivity contribution in [1.82, 2.24) is 25.5 Å². The number of fused-ring (bicyclic) bond motifs is 1. The summed E-state index contributed by atoms with van der Waals surface area (Å²) in [6, 6.07) is 16.0. The molecule has 0 spiro atoms. The fraction of sp³-hybridized carbons (Fsp3) is 0.273. The molecule has 0 saturated carbocycles. The molecule has 1 atom stereocenters. The summed E-state index contributed by atoms with van der Waals surface area (Å²) in [7, 11) is 0. The van der Waals surface area contributed by atoms with Gasteiger partial charge in [0.25, 0.3) is 5.91 Å². The van der Waals surface area contributed by atoms with Crippen molar-refractivity contribution in [2.75, 3.05) is 6.54 Å². The maximum atomic E-state index is 12.5. The van der Waals surface area contributed by atoms with E-state index >= 15 is 0 Å². The van der Waals surface area contributed by atoms with Gasteiger partial charge in [-0.15, -0.1) is 0 Å². The average molecular weight is 405 g/mol. The first-order chi connectivity index (χ1) is 14.6. The predicted molar refractivity (Wildman–Crippen MR) is 111 cm³/mol. The van der Waals surface area contributed by atoms with E-state index in [4.69, 9.17) is 0 Å². The van der Waals surface area contributed by atoms with Crippen LogP contribution in [0.1, 0.15) is 24.2 Å². The Kier molecular flexibility index (Phi) is 5.74. The summed E-state index contributed by atoms with van der Waals surface area (Å²) in [5.41, 5.74) is 2.74. The Morgan fingerprint density at radius 2 is 1.83 bits per heavy atom. The van der Waals surface area contributed by atoms with Crippen LogP contribution in [0.4, 0.5) is 4.79 Å². The highest BCUT2D eigenvalue weighted by molar-refractivity contribution is 6.04. The fourth-order valence-corrected chi connectivity index (χ4v) is 3.50. The molecule has 0 aliphatic carbocycles. The van der Waals surface area contributed by atoms with Crippen LogP contribution in [0.15, 0.2) is 54.6 Å². The van der Waals surface area contributed by atoms with Crippen molar-refractivity contribution in [3.8, 4) is 0 Å². The first kappa shape index (κ1) is 19.6. The Bertz CT molecular complexity index is 1030. The second-order valence-corrected chi connectivity index (χ2v) is 7.25. The Labute approximate surface area is 173 Å². The molecule has 4 rings (SSSR count). The number of nitrogens with zero attached hydrogens (tertiary/aromatic N) is 2. The Hall–Kier alpha value is -3.68. The van der Waals surface area contributed by atoms with Gasteiger partial charge in [0, 0.05) is 19.4 Å². The molecule has 2 heterocycles. The van der Waals surface area contributed by atoms with Crippen molar-refractivity contribution in [2.24, 2.45) is 0 Å². The summed E-state index contributed by atoms with van der Waals surface area (Å²) in [6.07, 6.45) is 1.02. The summed E-state index contributed by atoms with van der Waals surface area (Å²) >= 11 is 0. The average Bonchev–Trinajstić information content (AvgIpc) is 3.28. The summed E-state index contributed by atoms with van der Waals surface area (Å²) in [6.45, 7) is 0.676. The van der Waals surface area contributed by atoms with E-state index in [9.17, 15) is 14.4 Å². The molecular formula is C22H23N5O3. The third-order valence-electron chi connectivity index (χ3n) is 5.07. The maximum absolute atomic E-state index is 12.5. The van der Waals surface area contributed by atoms with Gasteiger partial charge in [-0.25, -0.2) is 9.78 Å². The molecule has 154 valence electrons. The summed E-state index contributed by atoms with van der Waals surface area (Å²) in [5, 5.41) is 5.51. The highest BCUT2D eigenvalue weighted by atomic mass is 16.2. The number of H-pyrrole nitrogens is 1. The minimum Gasteiger partial charge on any atom is -0.356 e. The zero-order valence-corrected chi connectivity index (χ0v) is 16.4. The normalized spacial score (nSPS) is 16.1. The summed E-state index contributed by atoms with van der Waals surface area (Å²) in [5.74, 6) is 0.361. The van der Waals surface area contributed by atoms with Gasteiger partial charge in [0.2, 0.25) is 5.91 Å². The van der Waals surface area contributed by atoms with Crippen molar-refractivity contribution in [3.63, 3.8) is 0 Å². The van der Waals surface area contributed by atoms with Crippen molar-refractivity contribution in [3.05, 3.63) is 66.0 Å². The van der Waals surface area contributed by atoms with Crippen LogP contribution in [0, 0.1) is 0 Å². The maximum Gasteiger partial charge on any atom is 0.325 e. The molecule has 1 saturated heterocycles. The van der Waals surface area contributed by atoms with Crippen LogP contribution in [-0.4, -0.2) is 45.3 Å². The minimum atomic E-state index is -0.665. The topological polar surface area (TPSA) is 107 Å². The van der Waals surface area contributed by atoms with E-state index in [0.29, 0.717) is 13.0 Å². The second-order valence-electron chi connectivity index (χ2n) is 7.25. The zero-order valence-electron chi connectivity index (χ0n) is 16.4. The number of amides is 4. The molecule has 1 fully saturated rings. The lowest BCUT2D eigenvalue weighted by atomic mass is 10.1. The monoisotopic (exact) mass is 405 g/mol. The van der Waals surface area contributed by atoms with Crippen LogP contribution >= 0.6 is 0 Å². The lowest BCUT2D eigenvalue weighted by molar-refractivity contribution is -0.128. The number of imidazole rings is 1. The molecule has 2 aromatic carbocycles. The van der Waals surface area contributed by atoms with Crippen LogP contribution < -0.4 is 10.6 Å². The van der Waals surface area contributed by atoms with Gasteiger partial charge in [-0.3, -0.25) is 14.5 Å². The molecule has 3 N–H and O–H groups in total. The Morgan fingerprint density at radius 3 is 2.63 bits per heavy atom. The van der Waals surface area contributed by atoms with Crippen molar-refractivity contribution in [1.29, 1.82) is 0 Å². The molecule has 8 heteroatoms. The second kappa shape index (κ2) is 8.77. The third kappa shape index (κ3) is 4.48. The van der Waals surface area contributed by atoms with Crippen molar-refractivity contribution < 1.29 is 14.4 Å². The van der Waals surface area contributed by atoms with Crippen LogP contribution in [0.3, 0.4) is 0 Å². The molecule has 0 radical (unpaired) electrons. The number of urea groups is 1. The van der Waals surface area contributed by atoms with E-state index in [1.54, 1.807) is 0 Å². The molecule has 3 aromatic rings. The number of para-hydroxylation sites is 2.